The van der Waals surface area contributed by atoms with E-state index in [2.05, 4.69) is 17.0 Å². The summed E-state index contributed by atoms with van der Waals surface area (Å²) in [4.78, 5) is 11.1. The van der Waals surface area contributed by atoms with E-state index < -0.39 is 0 Å². The first kappa shape index (κ1) is 13.5. The fourth-order valence-corrected chi connectivity index (χ4v) is 2.52. The minimum atomic E-state index is -0.128. The fraction of sp³-hybridized carbons (Fsp3) is 0.923. The van der Waals surface area contributed by atoms with Crippen LogP contribution >= 0.6 is 0 Å². The van der Waals surface area contributed by atoms with E-state index in [1.807, 2.05) is 6.92 Å². The molecule has 0 aromatic heterocycles. The zero-order chi connectivity index (χ0) is 12.0. The van der Waals surface area contributed by atoms with Crippen LogP contribution in [0.25, 0.3) is 0 Å². The maximum absolute atomic E-state index is 11.1. The molecule has 1 aliphatic carbocycles. The molecule has 0 aromatic carbocycles. The second-order valence-corrected chi connectivity index (χ2v) is 5.23. The summed E-state index contributed by atoms with van der Waals surface area (Å²) >= 11 is 0. The van der Waals surface area contributed by atoms with Crippen LogP contribution in [-0.4, -0.2) is 25.7 Å². The summed E-state index contributed by atoms with van der Waals surface area (Å²) in [7, 11) is 1.44. The monoisotopic (exact) mass is 227 g/mol. The van der Waals surface area contributed by atoms with E-state index in [0.29, 0.717) is 6.42 Å². The van der Waals surface area contributed by atoms with Crippen LogP contribution < -0.4 is 5.32 Å². The van der Waals surface area contributed by atoms with Crippen LogP contribution in [0, 0.1) is 11.8 Å². The number of carbonyl (C=O) groups excluding carboxylic acids is 1. The Labute approximate surface area is 98.9 Å². The van der Waals surface area contributed by atoms with Crippen LogP contribution in [0.2, 0.25) is 0 Å². The first-order chi connectivity index (χ1) is 7.61. The predicted octanol–water partition coefficient (Wildman–Crippen LogP) is 2.35. The van der Waals surface area contributed by atoms with Crippen LogP contribution in [0.3, 0.4) is 0 Å². The number of ether oxygens (including phenoxy) is 1. The van der Waals surface area contributed by atoms with Gasteiger partial charge in [0.15, 0.2) is 0 Å². The van der Waals surface area contributed by atoms with Gasteiger partial charge in [-0.25, -0.2) is 0 Å². The molecule has 0 amide bonds. The zero-order valence-electron chi connectivity index (χ0n) is 10.8. The molecule has 1 saturated carbocycles. The number of hydrogen-bond acceptors (Lipinski definition) is 3. The SMILES string of the molecule is COC(=O)CC(C)NCC1CCCC(C)C1. The van der Waals surface area contributed by atoms with Gasteiger partial charge in [-0.1, -0.05) is 19.8 Å². The summed E-state index contributed by atoms with van der Waals surface area (Å²) in [6.45, 7) is 5.43. The van der Waals surface area contributed by atoms with Crippen molar-refractivity contribution in [1.29, 1.82) is 0 Å². The lowest BCUT2D eigenvalue weighted by Crippen LogP contribution is -2.34. The third-order valence-corrected chi connectivity index (χ3v) is 3.50. The second kappa shape index (κ2) is 6.89. The van der Waals surface area contributed by atoms with Crippen molar-refractivity contribution in [2.75, 3.05) is 13.7 Å². The van der Waals surface area contributed by atoms with Crippen molar-refractivity contribution in [2.24, 2.45) is 11.8 Å². The Hall–Kier alpha value is -0.570. The van der Waals surface area contributed by atoms with Crippen LogP contribution in [0.4, 0.5) is 0 Å². The molecule has 94 valence electrons. The molecule has 0 heterocycles. The third-order valence-electron chi connectivity index (χ3n) is 3.50. The highest BCUT2D eigenvalue weighted by Crippen LogP contribution is 2.27. The number of hydrogen-bond donors (Lipinski definition) is 1. The second-order valence-electron chi connectivity index (χ2n) is 5.23. The molecule has 0 bridgehead atoms. The van der Waals surface area contributed by atoms with Crippen LogP contribution in [0.1, 0.15) is 46.0 Å². The Morgan fingerprint density at radius 2 is 2.25 bits per heavy atom. The van der Waals surface area contributed by atoms with Crippen LogP contribution in [-0.2, 0) is 9.53 Å². The van der Waals surface area contributed by atoms with Gasteiger partial charge in [0.05, 0.1) is 13.5 Å². The van der Waals surface area contributed by atoms with Gasteiger partial charge in [0.1, 0.15) is 0 Å². The largest absolute Gasteiger partial charge is 0.469 e. The Bertz CT molecular complexity index is 218. The zero-order valence-corrected chi connectivity index (χ0v) is 10.8. The van der Waals surface area contributed by atoms with Crippen LogP contribution in [0.15, 0.2) is 0 Å². The topological polar surface area (TPSA) is 38.3 Å². The number of carbonyl (C=O) groups is 1. The highest BCUT2D eigenvalue weighted by atomic mass is 16.5. The molecule has 3 heteroatoms. The molecule has 16 heavy (non-hydrogen) atoms. The normalized spacial score (nSPS) is 27.4. The predicted molar refractivity (Wildman–Crippen MR) is 65.2 cm³/mol. The molecule has 1 fully saturated rings. The average molecular weight is 227 g/mol. The van der Waals surface area contributed by atoms with Crippen molar-refractivity contribution >= 4 is 5.97 Å². The fourth-order valence-electron chi connectivity index (χ4n) is 2.52. The molecular weight excluding hydrogens is 202 g/mol. The van der Waals surface area contributed by atoms with E-state index in [4.69, 9.17) is 0 Å². The van der Waals surface area contributed by atoms with E-state index in [1.54, 1.807) is 0 Å². The van der Waals surface area contributed by atoms with Gasteiger partial charge in [-0.05, 0) is 38.1 Å². The van der Waals surface area contributed by atoms with Crippen molar-refractivity contribution in [3.8, 4) is 0 Å². The molecule has 1 rings (SSSR count). The van der Waals surface area contributed by atoms with Gasteiger partial charge in [-0.2, -0.15) is 0 Å². The lowest BCUT2D eigenvalue weighted by atomic mass is 9.82. The van der Waals surface area contributed by atoms with Crippen molar-refractivity contribution in [3.63, 3.8) is 0 Å². The van der Waals surface area contributed by atoms with E-state index in [9.17, 15) is 4.79 Å². The molecular formula is C13H25NO2. The molecule has 0 radical (unpaired) electrons. The van der Waals surface area contributed by atoms with Crippen molar-refractivity contribution in [1.82, 2.24) is 5.32 Å². The highest BCUT2D eigenvalue weighted by molar-refractivity contribution is 5.69. The van der Waals surface area contributed by atoms with E-state index in [1.165, 1.54) is 32.8 Å². The molecule has 3 nitrogen and oxygen atoms in total. The molecule has 1 aliphatic rings. The summed E-state index contributed by atoms with van der Waals surface area (Å²) in [5.74, 6) is 1.54. The van der Waals surface area contributed by atoms with Crippen LogP contribution in [0.5, 0.6) is 0 Å². The van der Waals surface area contributed by atoms with Gasteiger partial charge in [0.2, 0.25) is 0 Å². The van der Waals surface area contributed by atoms with Crippen molar-refractivity contribution in [3.05, 3.63) is 0 Å². The summed E-state index contributed by atoms with van der Waals surface area (Å²) in [6.07, 6.45) is 5.88. The number of methoxy groups -OCH3 is 1. The molecule has 3 unspecified atom stereocenters. The van der Waals surface area contributed by atoms with E-state index in [-0.39, 0.29) is 12.0 Å². The highest BCUT2D eigenvalue weighted by Gasteiger charge is 2.19. The molecule has 1 N–H and O–H groups in total. The summed E-state index contributed by atoms with van der Waals surface area (Å²) < 4.78 is 4.65. The van der Waals surface area contributed by atoms with E-state index >= 15 is 0 Å². The standard InChI is InChI=1S/C13H25NO2/c1-10-5-4-6-12(7-10)9-14-11(2)8-13(15)16-3/h10-12,14H,4-9H2,1-3H3. The third kappa shape index (κ3) is 4.97. The lowest BCUT2D eigenvalue weighted by Gasteiger charge is -2.28. The smallest absolute Gasteiger partial charge is 0.307 e. The van der Waals surface area contributed by atoms with Crippen molar-refractivity contribution in [2.45, 2.75) is 52.0 Å². The Kier molecular flexibility index (Phi) is 5.81. The van der Waals surface area contributed by atoms with Gasteiger partial charge in [-0.15, -0.1) is 0 Å². The first-order valence-corrected chi connectivity index (χ1v) is 6.42. The number of nitrogens with one attached hydrogen (secondary N) is 1. The molecule has 0 aromatic rings. The molecule has 3 atom stereocenters. The molecule has 0 spiro atoms. The Morgan fingerprint density at radius 3 is 2.88 bits per heavy atom. The summed E-state index contributed by atoms with van der Waals surface area (Å²) in [5.41, 5.74) is 0. The van der Waals surface area contributed by atoms with Gasteiger partial charge in [0.25, 0.3) is 0 Å². The minimum Gasteiger partial charge on any atom is -0.469 e. The summed E-state index contributed by atoms with van der Waals surface area (Å²) in [5, 5.41) is 3.44. The Morgan fingerprint density at radius 1 is 1.50 bits per heavy atom. The van der Waals surface area contributed by atoms with E-state index in [0.717, 1.165) is 18.4 Å². The first-order valence-electron chi connectivity index (χ1n) is 6.42. The summed E-state index contributed by atoms with van der Waals surface area (Å²) in [6, 6.07) is 0.227. The van der Waals surface area contributed by atoms with Gasteiger partial charge < -0.3 is 10.1 Å². The quantitative estimate of drug-likeness (QED) is 0.733. The van der Waals surface area contributed by atoms with Crippen molar-refractivity contribution < 1.29 is 9.53 Å². The Balaban J connectivity index is 2.15. The minimum absolute atomic E-state index is 0.128. The van der Waals surface area contributed by atoms with Gasteiger partial charge >= 0.3 is 5.97 Å². The number of rotatable bonds is 5. The molecule has 0 saturated heterocycles. The maximum Gasteiger partial charge on any atom is 0.307 e. The lowest BCUT2D eigenvalue weighted by molar-refractivity contribution is -0.141. The maximum atomic E-state index is 11.1. The molecule has 0 aliphatic heterocycles. The van der Waals surface area contributed by atoms with Gasteiger partial charge in [0, 0.05) is 6.04 Å². The average Bonchev–Trinajstić information content (AvgIpc) is 2.26. The number of esters is 1. The van der Waals surface area contributed by atoms with Gasteiger partial charge in [-0.3, -0.25) is 4.79 Å².